The minimum atomic E-state index is 0.242. The predicted octanol–water partition coefficient (Wildman–Crippen LogP) is 5.25. The monoisotopic (exact) mass is 452 g/mol. The number of carbonyl (C=O) groups excluding carboxylic acids is 1. The topological polar surface area (TPSA) is 59.6 Å². The number of rotatable bonds is 2. The van der Waals surface area contributed by atoms with Crippen LogP contribution in [0.15, 0.2) is 109 Å². The molecule has 0 aliphatic carbocycles. The van der Waals surface area contributed by atoms with Crippen LogP contribution in [0.2, 0.25) is 0 Å². The Kier molecular flexibility index (Phi) is 8.06. The van der Waals surface area contributed by atoms with Crippen LogP contribution in [0, 0.1) is 0 Å². The largest absolute Gasteiger partial charge is 0.478 e. The summed E-state index contributed by atoms with van der Waals surface area (Å²) in [4.78, 5) is 8.00. The van der Waals surface area contributed by atoms with Gasteiger partial charge in [0.15, 0.2) is 0 Å². The van der Waals surface area contributed by atoms with E-state index in [0.717, 1.165) is 11.5 Å². The first-order chi connectivity index (χ1) is 16.9. The fourth-order valence-corrected chi connectivity index (χ4v) is 4.21. The quantitative estimate of drug-likeness (QED) is 0.435. The summed E-state index contributed by atoms with van der Waals surface area (Å²) in [6.45, 7) is 3.13. The summed E-state index contributed by atoms with van der Waals surface area (Å²) >= 11 is 0. The molecule has 4 aromatic rings. The van der Waals surface area contributed by atoms with Crippen molar-refractivity contribution in [2.75, 3.05) is 13.5 Å². The Hall–Kier alpha value is -3.93. The zero-order valence-electron chi connectivity index (χ0n) is 18.9. The second-order valence-electron chi connectivity index (χ2n) is 7.75. The minimum absolute atomic E-state index is 0.242. The number of hydrogen-bond donors (Lipinski definition) is 2. The third-order valence-electron chi connectivity index (χ3n) is 5.76. The van der Waals surface area contributed by atoms with Gasteiger partial charge in [-0.25, -0.2) is 0 Å². The molecule has 5 heteroatoms. The smallest absolute Gasteiger partial charge is 0.140 e. The summed E-state index contributed by atoms with van der Waals surface area (Å²) in [6, 6.07) is 37.7. The lowest BCUT2D eigenvalue weighted by Crippen LogP contribution is -2.31. The van der Waals surface area contributed by atoms with E-state index in [1.165, 1.54) is 22.3 Å². The maximum absolute atomic E-state index is 8.00. The van der Waals surface area contributed by atoms with Crippen LogP contribution in [0.5, 0.6) is 11.5 Å². The van der Waals surface area contributed by atoms with Gasteiger partial charge in [0.2, 0.25) is 0 Å². The molecular weight excluding hydrogens is 424 g/mol. The predicted molar refractivity (Wildman–Crippen MR) is 134 cm³/mol. The van der Waals surface area contributed by atoms with Crippen molar-refractivity contribution >= 4 is 6.79 Å². The molecule has 0 saturated heterocycles. The highest BCUT2D eigenvalue weighted by Gasteiger charge is 2.22. The third kappa shape index (κ3) is 5.34. The average Bonchev–Trinajstić information content (AvgIpc) is 2.95. The Balaban J connectivity index is 0.000000150. The van der Waals surface area contributed by atoms with Gasteiger partial charge in [-0.15, -0.1) is 0 Å². The Morgan fingerprint density at radius 1 is 0.529 bits per heavy atom. The Morgan fingerprint density at radius 3 is 1.29 bits per heavy atom. The standard InChI is InChI=1S/2C14H13NO.CH2O/c2*1-2-6-11(7-3-1)14-12-8-4-5-9-13(12)16-10-15-14;1-2/h2*1-9,14-15H,10H2;1H2. The molecule has 0 radical (unpaired) electrons. The zero-order valence-corrected chi connectivity index (χ0v) is 18.9. The van der Waals surface area contributed by atoms with Crippen LogP contribution in [-0.2, 0) is 4.79 Å². The van der Waals surface area contributed by atoms with E-state index in [-0.39, 0.29) is 12.1 Å². The third-order valence-corrected chi connectivity index (χ3v) is 5.76. The van der Waals surface area contributed by atoms with Crippen LogP contribution in [-0.4, -0.2) is 20.3 Å². The maximum atomic E-state index is 8.00. The molecule has 0 bridgehead atoms. The fourth-order valence-electron chi connectivity index (χ4n) is 4.21. The molecule has 2 unspecified atom stereocenters. The Bertz CT molecular complexity index is 1080. The molecule has 2 heterocycles. The zero-order chi connectivity index (χ0) is 23.6. The van der Waals surface area contributed by atoms with Crippen molar-refractivity contribution in [2.24, 2.45) is 0 Å². The van der Waals surface area contributed by atoms with Gasteiger partial charge >= 0.3 is 0 Å². The van der Waals surface area contributed by atoms with Gasteiger partial charge in [-0.2, -0.15) is 0 Å². The summed E-state index contributed by atoms with van der Waals surface area (Å²) < 4.78 is 11.1. The summed E-state index contributed by atoms with van der Waals surface area (Å²) in [5.74, 6) is 1.96. The normalized spacial score (nSPS) is 17.6. The van der Waals surface area contributed by atoms with Gasteiger partial charge in [-0.05, 0) is 23.3 Å². The maximum Gasteiger partial charge on any atom is 0.140 e. The second-order valence-corrected chi connectivity index (χ2v) is 7.75. The Morgan fingerprint density at radius 2 is 0.882 bits per heavy atom. The summed E-state index contributed by atoms with van der Waals surface area (Å²) in [7, 11) is 0. The van der Waals surface area contributed by atoms with Crippen molar-refractivity contribution in [3.63, 3.8) is 0 Å². The highest BCUT2D eigenvalue weighted by atomic mass is 16.5. The van der Waals surface area contributed by atoms with Gasteiger partial charge in [0.25, 0.3) is 0 Å². The summed E-state index contributed by atoms with van der Waals surface area (Å²) in [5, 5.41) is 6.74. The SMILES string of the molecule is C=O.c1ccc(C2NCOc3ccccc32)cc1.c1ccc(C2NCOc3ccccc32)cc1. The van der Waals surface area contributed by atoms with Crippen LogP contribution < -0.4 is 20.1 Å². The molecule has 4 aromatic carbocycles. The molecule has 2 aliphatic heterocycles. The van der Waals surface area contributed by atoms with Crippen molar-refractivity contribution in [3.05, 3.63) is 131 Å². The molecule has 0 amide bonds. The second kappa shape index (κ2) is 11.8. The highest BCUT2D eigenvalue weighted by molar-refractivity contribution is 5.43. The van der Waals surface area contributed by atoms with Crippen molar-refractivity contribution in [1.29, 1.82) is 0 Å². The van der Waals surface area contributed by atoms with Crippen LogP contribution in [0.3, 0.4) is 0 Å². The van der Waals surface area contributed by atoms with Gasteiger partial charge in [0, 0.05) is 11.1 Å². The number of ether oxygens (including phenoxy) is 2. The minimum Gasteiger partial charge on any atom is -0.478 e. The van der Waals surface area contributed by atoms with Crippen LogP contribution in [0.25, 0.3) is 0 Å². The number of fused-ring (bicyclic) bond motifs is 2. The molecule has 0 saturated carbocycles. The number of benzene rings is 4. The van der Waals surface area contributed by atoms with Gasteiger partial charge < -0.3 is 14.3 Å². The molecule has 34 heavy (non-hydrogen) atoms. The average molecular weight is 453 g/mol. The van der Waals surface area contributed by atoms with E-state index in [9.17, 15) is 0 Å². The summed E-state index contributed by atoms with van der Waals surface area (Å²) in [6.07, 6.45) is 0. The molecule has 5 nitrogen and oxygen atoms in total. The van der Waals surface area contributed by atoms with Gasteiger partial charge in [0.05, 0.1) is 12.1 Å². The van der Waals surface area contributed by atoms with E-state index in [2.05, 4.69) is 71.3 Å². The first-order valence-corrected chi connectivity index (χ1v) is 11.2. The van der Waals surface area contributed by atoms with Crippen LogP contribution >= 0.6 is 0 Å². The van der Waals surface area contributed by atoms with Crippen LogP contribution in [0.1, 0.15) is 34.3 Å². The van der Waals surface area contributed by atoms with E-state index >= 15 is 0 Å². The van der Waals surface area contributed by atoms with E-state index in [0.29, 0.717) is 13.5 Å². The molecule has 0 spiro atoms. The van der Waals surface area contributed by atoms with E-state index < -0.39 is 0 Å². The van der Waals surface area contributed by atoms with Gasteiger partial charge in [-0.3, -0.25) is 10.6 Å². The number of carbonyl (C=O) groups is 1. The first kappa shape index (κ1) is 23.2. The van der Waals surface area contributed by atoms with Crippen molar-refractivity contribution in [2.45, 2.75) is 12.1 Å². The fraction of sp³-hybridized carbons (Fsp3) is 0.138. The molecule has 2 N–H and O–H groups in total. The van der Waals surface area contributed by atoms with Crippen molar-refractivity contribution in [3.8, 4) is 11.5 Å². The van der Waals surface area contributed by atoms with E-state index in [1.807, 2.05) is 55.3 Å². The molecule has 2 atom stereocenters. The van der Waals surface area contributed by atoms with Gasteiger partial charge in [0.1, 0.15) is 31.7 Å². The lowest BCUT2D eigenvalue weighted by atomic mass is 9.97. The molecule has 172 valence electrons. The lowest BCUT2D eigenvalue weighted by molar-refractivity contribution is -0.0979. The van der Waals surface area contributed by atoms with Crippen molar-refractivity contribution < 1.29 is 14.3 Å². The molecule has 2 aliphatic rings. The van der Waals surface area contributed by atoms with E-state index in [1.54, 1.807) is 0 Å². The molecule has 0 fully saturated rings. The Labute approximate surface area is 200 Å². The highest BCUT2D eigenvalue weighted by Crippen LogP contribution is 2.33. The number of para-hydroxylation sites is 2. The molecular formula is C29H28N2O3. The number of nitrogens with one attached hydrogen (secondary N) is 2. The lowest BCUT2D eigenvalue weighted by Gasteiger charge is -2.27. The van der Waals surface area contributed by atoms with E-state index in [4.69, 9.17) is 14.3 Å². The van der Waals surface area contributed by atoms with Crippen molar-refractivity contribution in [1.82, 2.24) is 10.6 Å². The molecule has 6 rings (SSSR count). The summed E-state index contributed by atoms with van der Waals surface area (Å²) in [5.41, 5.74) is 4.97. The molecule has 0 aromatic heterocycles. The first-order valence-electron chi connectivity index (χ1n) is 11.2. The van der Waals surface area contributed by atoms with Crippen LogP contribution in [0.4, 0.5) is 0 Å². The number of hydrogen-bond acceptors (Lipinski definition) is 5. The van der Waals surface area contributed by atoms with Gasteiger partial charge in [-0.1, -0.05) is 97.1 Å².